The lowest BCUT2D eigenvalue weighted by Crippen LogP contribution is -1.99. The minimum absolute atomic E-state index is 0.642. The number of rotatable bonds is 3. The molecule has 0 unspecified atom stereocenters. The molecule has 1 N–H and O–H groups in total. The van der Waals surface area contributed by atoms with Crippen LogP contribution >= 0.6 is 11.6 Å². The normalized spacial score (nSPS) is 10.2. The van der Waals surface area contributed by atoms with Gasteiger partial charge in [-0.15, -0.1) is 10.2 Å². The number of hydrogen-bond acceptors (Lipinski definition) is 4. The predicted molar refractivity (Wildman–Crippen MR) is 73.3 cm³/mol. The molecule has 94 valence electrons. The van der Waals surface area contributed by atoms with E-state index >= 15 is 0 Å². The molecular weight excluding hydrogens is 250 g/mol. The van der Waals surface area contributed by atoms with Gasteiger partial charge in [0.1, 0.15) is 5.75 Å². The van der Waals surface area contributed by atoms with Crippen LogP contribution in [-0.4, -0.2) is 24.4 Å². The maximum absolute atomic E-state index is 6.01. The van der Waals surface area contributed by atoms with Gasteiger partial charge in [-0.3, -0.25) is 0 Å². The van der Waals surface area contributed by atoms with Crippen molar-refractivity contribution in [3.05, 3.63) is 34.9 Å². The van der Waals surface area contributed by atoms with Crippen molar-refractivity contribution in [2.45, 2.75) is 6.92 Å². The van der Waals surface area contributed by atoms with E-state index in [1.807, 2.05) is 32.2 Å². The minimum Gasteiger partial charge on any atom is -0.496 e. The second-order valence-corrected chi connectivity index (χ2v) is 4.29. The highest BCUT2D eigenvalue weighted by Crippen LogP contribution is 2.31. The van der Waals surface area contributed by atoms with Crippen LogP contribution in [0.15, 0.2) is 24.3 Å². The topological polar surface area (TPSA) is 47.0 Å². The Morgan fingerprint density at radius 1 is 1.22 bits per heavy atom. The van der Waals surface area contributed by atoms with E-state index in [0.29, 0.717) is 5.02 Å². The molecule has 4 nitrogen and oxygen atoms in total. The zero-order chi connectivity index (χ0) is 13.1. The Labute approximate surface area is 111 Å². The second kappa shape index (κ2) is 5.23. The molecule has 5 heteroatoms. The second-order valence-electron chi connectivity index (χ2n) is 3.86. The van der Waals surface area contributed by atoms with Crippen molar-refractivity contribution in [1.82, 2.24) is 10.2 Å². The van der Waals surface area contributed by atoms with E-state index < -0.39 is 0 Å². The molecule has 0 fully saturated rings. The van der Waals surface area contributed by atoms with E-state index in [4.69, 9.17) is 16.3 Å². The summed E-state index contributed by atoms with van der Waals surface area (Å²) in [5.41, 5.74) is 2.60. The van der Waals surface area contributed by atoms with E-state index in [0.717, 1.165) is 28.4 Å². The number of methoxy groups -OCH3 is 1. The molecule has 2 rings (SSSR count). The number of halogens is 1. The van der Waals surface area contributed by atoms with Crippen LogP contribution in [0.4, 0.5) is 5.82 Å². The van der Waals surface area contributed by atoms with E-state index in [-0.39, 0.29) is 0 Å². The lowest BCUT2D eigenvalue weighted by molar-refractivity contribution is 0.416. The molecule has 1 heterocycles. The van der Waals surface area contributed by atoms with E-state index in [1.165, 1.54) is 0 Å². The maximum atomic E-state index is 6.01. The Balaban J connectivity index is 2.54. The molecule has 2 aromatic rings. The van der Waals surface area contributed by atoms with Crippen molar-refractivity contribution in [3.63, 3.8) is 0 Å². The Bertz CT molecular complexity index is 572. The summed E-state index contributed by atoms with van der Waals surface area (Å²) in [5, 5.41) is 11.9. The summed E-state index contributed by atoms with van der Waals surface area (Å²) in [6.07, 6.45) is 0. The average Bonchev–Trinajstić information content (AvgIpc) is 2.38. The van der Waals surface area contributed by atoms with Gasteiger partial charge in [-0.05, 0) is 36.8 Å². The molecule has 0 atom stereocenters. The Morgan fingerprint density at radius 3 is 2.61 bits per heavy atom. The monoisotopic (exact) mass is 263 g/mol. The number of benzene rings is 1. The first-order chi connectivity index (χ1) is 8.65. The van der Waals surface area contributed by atoms with Gasteiger partial charge in [0.05, 0.1) is 12.8 Å². The summed E-state index contributed by atoms with van der Waals surface area (Å²) in [4.78, 5) is 0. The van der Waals surface area contributed by atoms with Crippen LogP contribution in [0.2, 0.25) is 5.02 Å². The number of aromatic nitrogens is 2. The maximum Gasteiger partial charge on any atom is 0.151 e. The first-order valence-corrected chi connectivity index (χ1v) is 5.89. The van der Waals surface area contributed by atoms with Gasteiger partial charge in [0.25, 0.3) is 0 Å². The molecule has 0 spiro atoms. The summed E-state index contributed by atoms with van der Waals surface area (Å²) < 4.78 is 5.31. The van der Waals surface area contributed by atoms with E-state index in [1.54, 1.807) is 13.2 Å². The van der Waals surface area contributed by atoms with Crippen LogP contribution in [0.3, 0.4) is 0 Å². The van der Waals surface area contributed by atoms with Crippen molar-refractivity contribution in [2.24, 2.45) is 0 Å². The van der Waals surface area contributed by atoms with Crippen molar-refractivity contribution in [2.75, 3.05) is 19.5 Å². The smallest absolute Gasteiger partial charge is 0.151 e. The number of aryl methyl sites for hydroxylation is 1. The van der Waals surface area contributed by atoms with Gasteiger partial charge in [0, 0.05) is 17.6 Å². The van der Waals surface area contributed by atoms with Crippen LogP contribution in [0.1, 0.15) is 5.56 Å². The minimum atomic E-state index is 0.642. The van der Waals surface area contributed by atoms with Crippen LogP contribution < -0.4 is 10.1 Å². The molecule has 18 heavy (non-hydrogen) atoms. The first kappa shape index (κ1) is 12.6. The van der Waals surface area contributed by atoms with Crippen molar-refractivity contribution < 1.29 is 4.74 Å². The zero-order valence-electron chi connectivity index (χ0n) is 10.5. The SMILES string of the molecule is CNc1nnc(-c2cc(Cl)ccc2OC)cc1C. The molecule has 0 radical (unpaired) electrons. The number of nitrogens with one attached hydrogen (secondary N) is 1. The van der Waals surface area contributed by atoms with Gasteiger partial charge in [-0.1, -0.05) is 11.6 Å². The molecule has 0 aliphatic heterocycles. The molecular formula is C13H14ClN3O. The van der Waals surface area contributed by atoms with E-state index in [9.17, 15) is 0 Å². The first-order valence-electron chi connectivity index (χ1n) is 5.51. The Kier molecular flexibility index (Phi) is 3.67. The molecule has 1 aromatic carbocycles. The van der Waals surface area contributed by atoms with E-state index in [2.05, 4.69) is 15.5 Å². The van der Waals surface area contributed by atoms with Crippen LogP contribution in [0, 0.1) is 6.92 Å². The van der Waals surface area contributed by atoms with Crippen LogP contribution in [0.25, 0.3) is 11.3 Å². The summed E-state index contributed by atoms with van der Waals surface area (Å²) in [6.45, 7) is 1.97. The average molecular weight is 264 g/mol. The highest BCUT2D eigenvalue weighted by molar-refractivity contribution is 6.30. The molecule has 0 aliphatic rings. The molecule has 0 bridgehead atoms. The van der Waals surface area contributed by atoms with Gasteiger partial charge in [0.15, 0.2) is 5.82 Å². The summed E-state index contributed by atoms with van der Waals surface area (Å²) in [6, 6.07) is 7.38. The van der Waals surface area contributed by atoms with Gasteiger partial charge in [-0.2, -0.15) is 0 Å². The summed E-state index contributed by atoms with van der Waals surface area (Å²) in [5.74, 6) is 1.49. The fourth-order valence-electron chi connectivity index (χ4n) is 1.74. The highest BCUT2D eigenvalue weighted by atomic mass is 35.5. The molecule has 0 saturated heterocycles. The highest BCUT2D eigenvalue weighted by Gasteiger charge is 2.10. The van der Waals surface area contributed by atoms with Gasteiger partial charge in [-0.25, -0.2) is 0 Å². The van der Waals surface area contributed by atoms with Crippen LogP contribution in [0.5, 0.6) is 5.75 Å². The molecule has 0 saturated carbocycles. The number of hydrogen-bond donors (Lipinski definition) is 1. The van der Waals surface area contributed by atoms with Crippen molar-refractivity contribution in [3.8, 4) is 17.0 Å². The quantitative estimate of drug-likeness (QED) is 0.924. The molecule has 1 aromatic heterocycles. The van der Waals surface area contributed by atoms with Gasteiger partial charge < -0.3 is 10.1 Å². The third-order valence-corrected chi connectivity index (χ3v) is 2.89. The lowest BCUT2D eigenvalue weighted by atomic mass is 10.1. The summed E-state index contributed by atoms with van der Waals surface area (Å²) in [7, 11) is 3.44. The number of nitrogens with zero attached hydrogens (tertiary/aromatic N) is 2. The molecule has 0 aliphatic carbocycles. The Morgan fingerprint density at radius 2 is 2.00 bits per heavy atom. The zero-order valence-corrected chi connectivity index (χ0v) is 11.2. The lowest BCUT2D eigenvalue weighted by Gasteiger charge is -2.10. The fourth-order valence-corrected chi connectivity index (χ4v) is 1.92. The third kappa shape index (κ3) is 2.38. The third-order valence-electron chi connectivity index (χ3n) is 2.66. The number of ether oxygens (including phenoxy) is 1. The van der Waals surface area contributed by atoms with Gasteiger partial charge >= 0.3 is 0 Å². The van der Waals surface area contributed by atoms with Crippen molar-refractivity contribution in [1.29, 1.82) is 0 Å². The molecule has 0 amide bonds. The van der Waals surface area contributed by atoms with Gasteiger partial charge in [0.2, 0.25) is 0 Å². The van der Waals surface area contributed by atoms with Crippen LogP contribution in [-0.2, 0) is 0 Å². The predicted octanol–water partition coefficient (Wildman–Crippen LogP) is 3.16. The van der Waals surface area contributed by atoms with Crippen molar-refractivity contribution >= 4 is 17.4 Å². The largest absolute Gasteiger partial charge is 0.496 e. The number of anilines is 1. The Hall–Kier alpha value is -1.81. The standard InChI is InChI=1S/C13H14ClN3O/c1-8-6-11(16-17-13(8)15-2)10-7-9(14)4-5-12(10)18-3/h4-7H,1-3H3,(H,15,17). The summed E-state index contributed by atoms with van der Waals surface area (Å²) >= 11 is 6.01. The fraction of sp³-hybridized carbons (Fsp3) is 0.231.